The van der Waals surface area contributed by atoms with Gasteiger partial charge in [-0.1, -0.05) is 30.3 Å². The number of rotatable bonds is 11. The highest BCUT2D eigenvalue weighted by atomic mass is 16.6. The molecule has 2 saturated heterocycles. The van der Waals surface area contributed by atoms with E-state index in [9.17, 15) is 19.2 Å². The Balaban J connectivity index is 1.60. The molecule has 1 atom stereocenters. The zero-order valence-corrected chi connectivity index (χ0v) is 24.6. The molecule has 14 heteroatoms. The van der Waals surface area contributed by atoms with Gasteiger partial charge in [-0.2, -0.15) is 0 Å². The summed E-state index contributed by atoms with van der Waals surface area (Å²) in [6.07, 6.45) is -1.10. The first kappa shape index (κ1) is 31.8. The highest BCUT2D eigenvalue weighted by molar-refractivity contribution is 5.97. The Morgan fingerprint density at radius 2 is 1.77 bits per heavy atom. The molecule has 43 heavy (non-hydrogen) atoms. The molecule has 0 spiro atoms. The maximum atomic E-state index is 13.7. The number of hydrogen-bond acceptors (Lipinski definition) is 12. The molecule has 2 N–H and O–H groups in total. The lowest BCUT2D eigenvalue weighted by atomic mass is 10.1. The summed E-state index contributed by atoms with van der Waals surface area (Å²) in [5.74, 6) is -1.36. The summed E-state index contributed by atoms with van der Waals surface area (Å²) in [6.45, 7) is 8.77. The summed E-state index contributed by atoms with van der Waals surface area (Å²) in [5, 5.41) is 9.82. The number of hydrazine groups is 1. The van der Waals surface area contributed by atoms with E-state index in [0.717, 1.165) is 0 Å². The fraction of sp³-hybridized carbons (Fsp3) is 0.517. The third kappa shape index (κ3) is 8.92. The number of amides is 2. The molecule has 0 aliphatic carbocycles. The minimum atomic E-state index is -1.30. The molecule has 1 unspecified atom stereocenters. The van der Waals surface area contributed by atoms with Gasteiger partial charge in [0.05, 0.1) is 19.8 Å². The molecule has 0 saturated carbocycles. The van der Waals surface area contributed by atoms with Crippen molar-refractivity contribution in [2.45, 2.75) is 32.7 Å². The van der Waals surface area contributed by atoms with Crippen LogP contribution in [0.5, 0.6) is 0 Å². The van der Waals surface area contributed by atoms with Crippen LogP contribution >= 0.6 is 0 Å². The molecule has 4 rings (SSSR count). The lowest BCUT2D eigenvalue weighted by Gasteiger charge is -2.37. The van der Waals surface area contributed by atoms with Crippen molar-refractivity contribution in [2.24, 2.45) is 0 Å². The number of piperazine rings is 1. The number of nitrogens with zero attached hydrogens (tertiary/aromatic N) is 5. The molecule has 1 aromatic carbocycles. The van der Waals surface area contributed by atoms with Gasteiger partial charge in [0, 0.05) is 63.9 Å². The van der Waals surface area contributed by atoms with Crippen LogP contribution in [0.25, 0.3) is 11.4 Å². The predicted molar refractivity (Wildman–Crippen MR) is 156 cm³/mol. The van der Waals surface area contributed by atoms with E-state index in [1.54, 1.807) is 13.0 Å². The second kappa shape index (κ2) is 15.9. The lowest BCUT2D eigenvalue weighted by Crippen LogP contribution is -2.50. The highest BCUT2D eigenvalue weighted by Crippen LogP contribution is 2.22. The van der Waals surface area contributed by atoms with Crippen LogP contribution in [0.1, 0.15) is 37.2 Å². The van der Waals surface area contributed by atoms with Gasteiger partial charge in [0.1, 0.15) is 17.6 Å². The number of esters is 2. The normalized spacial score (nSPS) is 16.2. The number of carbonyl (C=O) groups is 4. The number of ether oxygens (including phenoxy) is 3. The molecule has 2 amide bonds. The number of benzene rings is 1. The quantitative estimate of drug-likeness (QED) is 0.283. The van der Waals surface area contributed by atoms with E-state index in [-0.39, 0.29) is 25.1 Å². The number of anilines is 1. The molecule has 1 aromatic heterocycles. The maximum Gasteiger partial charge on any atom is 0.417 e. The smallest absolute Gasteiger partial charge is 0.417 e. The molecule has 2 aromatic rings. The van der Waals surface area contributed by atoms with Crippen molar-refractivity contribution < 1.29 is 33.4 Å². The Hall–Kier alpha value is -4.14. The van der Waals surface area contributed by atoms with Gasteiger partial charge in [-0.3, -0.25) is 14.6 Å². The van der Waals surface area contributed by atoms with E-state index in [2.05, 4.69) is 20.6 Å². The van der Waals surface area contributed by atoms with E-state index in [1.807, 2.05) is 42.3 Å². The largest absolute Gasteiger partial charge is 0.466 e. The fourth-order valence-corrected chi connectivity index (χ4v) is 4.75. The Bertz CT molecular complexity index is 1250. The number of carbonyl (C=O) groups excluding carboxylic acids is 4. The van der Waals surface area contributed by atoms with Gasteiger partial charge < -0.3 is 29.7 Å². The summed E-state index contributed by atoms with van der Waals surface area (Å²) in [6, 6.07) is 9.50. The topological polar surface area (TPSA) is 156 Å². The third-order valence-corrected chi connectivity index (χ3v) is 6.97. The average Bonchev–Trinajstić information content (AvgIpc) is 3.04. The molecule has 14 nitrogen and oxygen atoms in total. The number of morpholine rings is 1. The summed E-state index contributed by atoms with van der Waals surface area (Å²) in [5.41, 5.74) is 0.717. The highest BCUT2D eigenvalue weighted by Gasteiger charge is 2.30. The number of aromatic nitrogens is 2. The van der Waals surface area contributed by atoms with Crippen molar-refractivity contribution in [3.05, 3.63) is 42.1 Å². The zero-order chi connectivity index (χ0) is 30.6. The van der Waals surface area contributed by atoms with Gasteiger partial charge >= 0.3 is 18.0 Å². The van der Waals surface area contributed by atoms with Crippen LogP contribution in [0.2, 0.25) is 0 Å². The first-order valence-corrected chi connectivity index (χ1v) is 14.6. The average molecular weight is 598 g/mol. The number of hydrogen-bond donors (Lipinski definition) is 2. The van der Waals surface area contributed by atoms with Gasteiger partial charge in [-0.15, -0.1) is 0 Å². The van der Waals surface area contributed by atoms with E-state index in [1.165, 1.54) is 4.90 Å². The van der Waals surface area contributed by atoms with Gasteiger partial charge in [-0.25, -0.2) is 24.6 Å². The minimum absolute atomic E-state index is 0.0120. The molecule has 0 radical (unpaired) electrons. The molecule has 2 aliphatic rings. The Labute approximate surface area is 250 Å². The van der Waals surface area contributed by atoms with Crippen molar-refractivity contribution in [1.82, 2.24) is 30.5 Å². The van der Waals surface area contributed by atoms with Gasteiger partial charge in [0.25, 0.3) is 5.91 Å². The van der Waals surface area contributed by atoms with Crippen LogP contribution in [0.15, 0.2) is 36.4 Å². The summed E-state index contributed by atoms with van der Waals surface area (Å²) < 4.78 is 15.6. The molecule has 0 bridgehead atoms. The zero-order valence-electron chi connectivity index (χ0n) is 24.6. The van der Waals surface area contributed by atoms with Crippen molar-refractivity contribution in [3.8, 4) is 11.4 Å². The van der Waals surface area contributed by atoms with Crippen molar-refractivity contribution in [1.29, 1.82) is 0 Å². The van der Waals surface area contributed by atoms with Crippen LogP contribution in [-0.4, -0.2) is 115 Å². The van der Waals surface area contributed by atoms with Crippen LogP contribution in [0.4, 0.5) is 10.6 Å². The van der Waals surface area contributed by atoms with Gasteiger partial charge in [-0.05, 0) is 20.3 Å². The van der Waals surface area contributed by atoms with Crippen LogP contribution in [0.3, 0.4) is 0 Å². The number of nitrogens with one attached hydrogen (secondary N) is 2. The van der Waals surface area contributed by atoms with Crippen molar-refractivity contribution in [3.63, 3.8) is 0 Å². The van der Waals surface area contributed by atoms with Gasteiger partial charge in [0.15, 0.2) is 5.82 Å². The second-order valence-corrected chi connectivity index (χ2v) is 9.88. The standard InChI is InChI=1S/C29H39N7O7/c1-3-36(35-16-18-41-19-17-35)24-20-23(31-26(33-24)21-8-6-5-7-9-21)27(38)32-22(10-11-25(37)42-4-2)28(39)43-29(40)34-14-12-30-13-15-34/h5-9,20,22,30H,3-4,10-19H2,1-2H3,(H,32,38). The minimum Gasteiger partial charge on any atom is -0.466 e. The summed E-state index contributed by atoms with van der Waals surface area (Å²) in [4.78, 5) is 62.2. The SMILES string of the molecule is CCOC(=O)CCC(NC(=O)c1cc(N(CC)N2CCOCC2)nc(-c2ccccc2)n1)C(=O)OC(=O)N1CCNCC1. The van der Waals surface area contributed by atoms with Crippen LogP contribution < -0.4 is 15.6 Å². The third-order valence-electron chi connectivity index (χ3n) is 6.97. The van der Waals surface area contributed by atoms with Crippen LogP contribution in [0, 0.1) is 0 Å². The predicted octanol–water partition coefficient (Wildman–Crippen LogP) is 1.23. The molecule has 3 heterocycles. The first-order chi connectivity index (χ1) is 20.9. The van der Waals surface area contributed by atoms with Crippen molar-refractivity contribution in [2.75, 3.05) is 70.6 Å². The molecular formula is C29H39N7O7. The van der Waals surface area contributed by atoms with Gasteiger partial charge in [0.2, 0.25) is 0 Å². The van der Waals surface area contributed by atoms with E-state index >= 15 is 0 Å². The molecule has 232 valence electrons. The lowest BCUT2D eigenvalue weighted by molar-refractivity contribution is -0.144. The van der Waals surface area contributed by atoms with E-state index in [0.29, 0.717) is 76.2 Å². The van der Waals surface area contributed by atoms with Crippen molar-refractivity contribution >= 4 is 29.8 Å². The van der Waals surface area contributed by atoms with Crippen LogP contribution in [-0.2, 0) is 23.8 Å². The Morgan fingerprint density at radius 3 is 2.44 bits per heavy atom. The second-order valence-electron chi connectivity index (χ2n) is 9.88. The molecule has 2 aliphatic heterocycles. The Morgan fingerprint density at radius 1 is 1.05 bits per heavy atom. The molecule has 2 fully saturated rings. The Kier molecular flexibility index (Phi) is 11.8. The summed E-state index contributed by atoms with van der Waals surface area (Å²) in [7, 11) is 0. The van der Waals surface area contributed by atoms with E-state index in [4.69, 9.17) is 19.2 Å². The molecular weight excluding hydrogens is 558 g/mol. The maximum absolute atomic E-state index is 13.7. The monoisotopic (exact) mass is 597 g/mol. The fourth-order valence-electron chi connectivity index (χ4n) is 4.75. The van der Waals surface area contributed by atoms with E-state index < -0.39 is 30.0 Å². The summed E-state index contributed by atoms with van der Waals surface area (Å²) >= 11 is 0. The first-order valence-electron chi connectivity index (χ1n) is 14.6.